The maximum Gasteiger partial charge on any atom is 0.254 e. The number of sulfonamides is 1. The number of fused-ring (bicyclic) bond motifs is 1. The van der Waals surface area contributed by atoms with Gasteiger partial charge in [-0.1, -0.05) is 26.0 Å². The Morgan fingerprint density at radius 2 is 1.84 bits per heavy atom. The summed E-state index contributed by atoms with van der Waals surface area (Å²) < 4.78 is 25.7. The summed E-state index contributed by atoms with van der Waals surface area (Å²) in [6, 6.07) is 6.86. The van der Waals surface area contributed by atoms with Crippen molar-refractivity contribution in [1.82, 2.24) is 14.1 Å². The average molecular weight is 470 g/mol. The van der Waals surface area contributed by atoms with Crippen LogP contribution in [0.15, 0.2) is 24.3 Å². The van der Waals surface area contributed by atoms with E-state index in [-0.39, 0.29) is 30.1 Å². The Morgan fingerprint density at radius 1 is 1.16 bits per heavy atom. The van der Waals surface area contributed by atoms with Gasteiger partial charge in [-0.2, -0.15) is 0 Å². The van der Waals surface area contributed by atoms with Gasteiger partial charge in [0.1, 0.15) is 0 Å². The Labute approximate surface area is 191 Å². The highest BCUT2D eigenvalue weighted by Gasteiger charge is 2.58. The zero-order valence-electron chi connectivity index (χ0n) is 18.4. The van der Waals surface area contributed by atoms with Crippen molar-refractivity contribution in [1.29, 1.82) is 0 Å². The predicted molar refractivity (Wildman–Crippen MR) is 121 cm³/mol. The number of carbonyl (C=O) groups excluding carboxylic acids is 2. The van der Waals surface area contributed by atoms with Crippen molar-refractivity contribution in [3.05, 3.63) is 35.4 Å². The first-order valence-electron chi connectivity index (χ1n) is 10.8. The molecule has 4 rings (SSSR count). The quantitative estimate of drug-likeness (QED) is 0.661. The molecule has 0 aromatic heterocycles. The summed E-state index contributed by atoms with van der Waals surface area (Å²) in [5, 5.41) is 0. The van der Waals surface area contributed by atoms with Crippen LogP contribution < -0.4 is 0 Å². The summed E-state index contributed by atoms with van der Waals surface area (Å²) in [7, 11) is -3.67. The fraction of sp³-hybridized carbons (Fsp3) is 0.636. The van der Waals surface area contributed by atoms with E-state index >= 15 is 0 Å². The molecule has 0 bridgehead atoms. The molecule has 0 spiro atoms. The average Bonchev–Trinajstić information content (AvgIpc) is 3.36. The molecule has 1 aromatic carbocycles. The number of amides is 2. The molecule has 0 radical (unpaired) electrons. The van der Waals surface area contributed by atoms with E-state index in [0.29, 0.717) is 18.5 Å². The van der Waals surface area contributed by atoms with Crippen LogP contribution in [0.3, 0.4) is 0 Å². The van der Waals surface area contributed by atoms with Crippen molar-refractivity contribution in [2.24, 2.45) is 11.8 Å². The number of hydrogen-bond donors (Lipinski definition) is 0. The van der Waals surface area contributed by atoms with Gasteiger partial charge in [0, 0.05) is 18.7 Å². The van der Waals surface area contributed by atoms with Crippen molar-refractivity contribution in [2.75, 3.05) is 25.9 Å². The van der Waals surface area contributed by atoms with Crippen LogP contribution in [0.1, 0.15) is 49.0 Å². The second-order valence-corrected chi connectivity index (χ2v) is 11.1. The lowest BCUT2D eigenvalue weighted by atomic mass is 9.88. The van der Waals surface area contributed by atoms with E-state index < -0.39 is 28.0 Å². The number of nitrogens with zero attached hydrogens (tertiary/aromatic N) is 3. The fourth-order valence-electron chi connectivity index (χ4n) is 5.44. The first-order valence-corrected chi connectivity index (χ1v) is 12.7. The lowest BCUT2D eigenvalue weighted by Gasteiger charge is -2.29. The minimum Gasteiger partial charge on any atom is -0.333 e. The maximum atomic E-state index is 13.4. The Kier molecular flexibility index (Phi) is 7.03. The number of rotatable bonds is 5. The van der Waals surface area contributed by atoms with Crippen LogP contribution in [-0.4, -0.2) is 72.3 Å². The molecular formula is C22H32ClN3O4S. The van der Waals surface area contributed by atoms with Gasteiger partial charge in [0.25, 0.3) is 5.91 Å². The monoisotopic (exact) mass is 469 g/mol. The summed E-state index contributed by atoms with van der Waals surface area (Å²) >= 11 is 0. The summed E-state index contributed by atoms with van der Waals surface area (Å²) in [4.78, 5) is 30.5. The standard InChI is InChI=1S/C22H31N3O4S.ClH/c1-15(2)19-20-18(25(22(19)27)30(3,28)29)9-12-24(20)21(26)17-8-6-7-16(13-17)14-23-10-4-5-11-23;/h6-8,13,15,18-20H,4-5,9-12,14H2,1-3H3;1H/t18-,19+,20-;/m0./s1. The Morgan fingerprint density at radius 3 is 2.45 bits per heavy atom. The van der Waals surface area contributed by atoms with Crippen LogP contribution in [0.2, 0.25) is 0 Å². The normalized spacial score (nSPS) is 26.5. The lowest BCUT2D eigenvalue weighted by Crippen LogP contribution is -2.44. The van der Waals surface area contributed by atoms with Crippen LogP contribution in [-0.2, 0) is 21.4 Å². The number of carbonyl (C=O) groups is 2. The Hall–Kier alpha value is -1.64. The molecule has 3 fully saturated rings. The zero-order valence-corrected chi connectivity index (χ0v) is 20.0. The van der Waals surface area contributed by atoms with Gasteiger partial charge in [-0.15, -0.1) is 12.4 Å². The summed E-state index contributed by atoms with van der Waals surface area (Å²) in [5.41, 5.74) is 1.72. The molecule has 2 amide bonds. The first-order chi connectivity index (χ1) is 14.2. The molecule has 9 heteroatoms. The summed E-state index contributed by atoms with van der Waals surface area (Å²) in [5.74, 6) is -1.03. The summed E-state index contributed by atoms with van der Waals surface area (Å²) in [6.07, 6.45) is 4.01. The van der Waals surface area contributed by atoms with Crippen LogP contribution in [0.25, 0.3) is 0 Å². The SMILES string of the molecule is CC(C)[C@H]1C(=O)N(S(C)(=O)=O)[C@H]2CCN(C(=O)c3cccc(CN4CCCC4)c3)[C@H]12.Cl. The predicted octanol–water partition coefficient (Wildman–Crippen LogP) is 2.36. The van der Waals surface area contributed by atoms with Gasteiger partial charge in [0.15, 0.2) is 0 Å². The number of likely N-dealkylation sites (tertiary alicyclic amines) is 2. The zero-order chi connectivity index (χ0) is 21.6. The summed E-state index contributed by atoms with van der Waals surface area (Å²) in [6.45, 7) is 7.32. The molecule has 0 unspecified atom stereocenters. The Balaban J connectivity index is 0.00000272. The van der Waals surface area contributed by atoms with Crippen molar-refractivity contribution < 1.29 is 18.0 Å². The molecule has 3 heterocycles. The van der Waals surface area contributed by atoms with Gasteiger partial charge in [-0.3, -0.25) is 14.5 Å². The number of halogens is 1. The highest BCUT2D eigenvalue weighted by Crippen LogP contribution is 2.41. The van der Waals surface area contributed by atoms with Crippen molar-refractivity contribution >= 4 is 34.2 Å². The van der Waals surface area contributed by atoms with Crippen molar-refractivity contribution in [2.45, 2.75) is 51.7 Å². The van der Waals surface area contributed by atoms with Crippen molar-refractivity contribution in [3.8, 4) is 0 Å². The maximum absolute atomic E-state index is 13.4. The van der Waals surface area contributed by atoms with Crippen LogP contribution in [0.5, 0.6) is 0 Å². The smallest absolute Gasteiger partial charge is 0.254 e. The van der Waals surface area contributed by atoms with E-state index in [9.17, 15) is 18.0 Å². The number of hydrogen-bond acceptors (Lipinski definition) is 5. The van der Waals surface area contributed by atoms with Gasteiger partial charge in [-0.05, 0) is 56.0 Å². The minimum atomic E-state index is -3.67. The first kappa shape index (κ1) is 24.0. The molecule has 3 saturated heterocycles. The van der Waals surface area contributed by atoms with Gasteiger partial charge in [0.2, 0.25) is 15.9 Å². The third-order valence-corrected chi connectivity index (χ3v) is 7.87. The van der Waals surface area contributed by atoms with E-state index in [0.717, 1.165) is 35.8 Å². The van der Waals surface area contributed by atoms with Crippen molar-refractivity contribution in [3.63, 3.8) is 0 Å². The molecule has 0 saturated carbocycles. The minimum absolute atomic E-state index is 0. The topological polar surface area (TPSA) is 78.0 Å². The highest BCUT2D eigenvalue weighted by atomic mass is 35.5. The molecular weight excluding hydrogens is 438 g/mol. The van der Waals surface area contributed by atoms with Crippen LogP contribution in [0, 0.1) is 11.8 Å². The number of benzene rings is 1. The van der Waals surface area contributed by atoms with Crippen LogP contribution in [0.4, 0.5) is 0 Å². The molecule has 31 heavy (non-hydrogen) atoms. The second kappa shape index (κ2) is 9.08. The fourth-order valence-corrected chi connectivity index (χ4v) is 6.61. The molecule has 0 N–H and O–H groups in total. The van der Waals surface area contributed by atoms with E-state index in [4.69, 9.17) is 0 Å². The van der Waals surface area contributed by atoms with Crippen LogP contribution >= 0.6 is 12.4 Å². The third-order valence-electron chi connectivity index (χ3n) is 6.71. The molecule has 1 aromatic rings. The van der Waals surface area contributed by atoms with Gasteiger partial charge in [0.05, 0.1) is 24.3 Å². The third kappa shape index (κ3) is 4.47. The highest BCUT2D eigenvalue weighted by molar-refractivity contribution is 7.88. The van der Waals surface area contributed by atoms with Gasteiger partial charge in [-0.25, -0.2) is 12.7 Å². The molecule has 172 valence electrons. The molecule has 0 aliphatic carbocycles. The molecule has 3 aliphatic rings. The molecule has 7 nitrogen and oxygen atoms in total. The van der Waals surface area contributed by atoms with E-state index in [1.54, 1.807) is 4.90 Å². The van der Waals surface area contributed by atoms with E-state index in [1.165, 1.54) is 12.8 Å². The second-order valence-electron chi connectivity index (χ2n) is 9.20. The molecule has 3 atom stereocenters. The van der Waals surface area contributed by atoms with Gasteiger partial charge >= 0.3 is 0 Å². The van der Waals surface area contributed by atoms with E-state index in [2.05, 4.69) is 4.90 Å². The largest absolute Gasteiger partial charge is 0.333 e. The van der Waals surface area contributed by atoms with Gasteiger partial charge < -0.3 is 4.90 Å². The Bertz CT molecular complexity index is 946. The van der Waals surface area contributed by atoms with E-state index in [1.807, 2.05) is 38.1 Å². The molecule has 3 aliphatic heterocycles. The lowest BCUT2D eigenvalue weighted by molar-refractivity contribution is -0.129.